The number of hydrogen-bond donors (Lipinski definition) is 0. The van der Waals surface area contributed by atoms with Gasteiger partial charge in [-0.1, -0.05) is 37.7 Å². The third-order valence-corrected chi connectivity index (χ3v) is 7.51. The summed E-state index contributed by atoms with van der Waals surface area (Å²) in [5.74, 6) is -0.425. The van der Waals surface area contributed by atoms with Crippen LogP contribution in [-0.2, 0) is 14.6 Å². The van der Waals surface area contributed by atoms with E-state index < -0.39 is 9.84 Å². The summed E-state index contributed by atoms with van der Waals surface area (Å²) in [7, 11) is -3.11. The molecule has 2 saturated heterocycles. The van der Waals surface area contributed by atoms with E-state index in [1.807, 2.05) is 11.0 Å². The largest absolute Gasteiger partial charge is 0.316 e. The van der Waals surface area contributed by atoms with Gasteiger partial charge >= 0.3 is 0 Å². The minimum absolute atomic E-state index is 0.0316. The topological polar surface area (TPSA) is 83.9 Å². The van der Waals surface area contributed by atoms with E-state index in [0.29, 0.717) is 16.4 Å². The molecule has 0 bridgehead atoms. The maximum atomic E-state index is 12.1. The minimum Gasteiger partial charge on any atom is -0.316 e. The number of amides is 1. The lowest BCUT2D eigenvalue weighted by atomic mass is 10.1. The number of amidine groups is 1. The molecular formula is C17H20N2O4S2. The first-order valence-electron chi connectivity index (χ1n) is 8.08. The average molecular weight is 380 g/mol. The third-order valence-electron chi connectivity index (χ3n) is 4.30. The van der Waals surface area contributed by atoms with Crippen molar-refractivity contribution in [3.63, 3.8) is 0 Å². The third kappa shape index (κ3) is 3.64. The monoisotopic (exact) mass is 380 g/mol. The van der Waals surface area contributed by atoms with Crippen molar-refractivity contribution in [2.24, 2.45) is 10.9 Å². The van der Waals surface area contributed by atoms with E-state index in [0.717, 1.165) is 0 Å². The van der Waals surface area contributed by atoms with Crippen LogP contribution in [0.4, 0.5) is 5.69 Å². The lowest BCUT2D eigenvalue weighted by Crippen LogP contribution is -2.38. The number of aliphatic imine (C=N–C) groups is 1. The molecule has 0 aromatic heterocycles. The maximum absolute atomic E-state index is 12.1. The highest BCUT2D eigenvalue weighted by molar-refractivity contribution is 8.16. The molecular weight excluding hydrogens is 360 g/mol. The van der Waals surface area contributed by atoms with Crippen LogP contribution in [0.15, 0.2) is 29.3 Å². The second kappa shape index (κ2) is 6.57. The highest BCUT2D eigenvalue weighted by Crippen LogP contribution is 2.41. The van der Waals surface area contributed by atoms with Crippen LogP contribution in [-0.4, -0.2) is 48.1 Å². The summed E-state index contributed by atoms with van der Waals surface area (Å²) < 4.78 is 24.1. The molecule has 25 heavy (non-hydrogen) atoms. The van der Waals surface area contributed by atoms with E-state index in [1.165, 1.54) is 18.7 Å². The summed E-state index contributed by atoms with van der Waals surface area (Å²) in [5.41, 5.74) is 1.24. The van der Waals surface area contributed by atoms with Crippen molar-refractivity contribution < 1.29 is 18.0 Å². The van der Waals surface area contributed by atoms with Gasteiger partial charge in [0.25, 0.3) is 5.91 Å². The molecule has 0 aliphatic carbocycles. The van der Waals surface area contributed by atoms with Gasteiger partial charge in [0.2, 0.25) is 0 Å². The Hall–Kier alpha value is -1.67. The van der Waals surface area contributed by atoms with Gasteiger partial charge in [-0.2, -0.15) is 4.99 Å². The molecule has 0 spiro atoms. The SMILES string of the molecule is CC(=O)c1cccc(N2C(=NC(=O)C(C)C)S[C@@H]3CS(=O)(=O)C[C@@H]32)c1. The van der Waals surface area contributed by atoms with Gasteiger partial charge in [0.1, 0.15) is 0 Å². The van der Waals surface area contributed by atoms with E-state index >= 15 is 0 Å². The predicted octanol–water partition coefficient (Wildman–Crippen LogP) is 2.15. The molecule has 134 valence electrons. The zero-order valence-corrected chi connectivity index (χ0v) is 15.9. The Bertz CT molecular complexity index is 861. The number of ketones is 1. The van der Waals surface area contributed by atoms with Gasteiger partial charge in [-0.05, 0) is 19.1 Å². The number of Topliss-reactive ketones (excluding diaryl/α,β-unsaturated/α-hetero) is 1. The molecule has 0 saturated carbocycles. The Morgan fingerprint density at radius 1 is 1.28 bits per heavy atom. The number of rotatable bonds is 3. The lowest BCUT2D eigenvalue weighted by Gasteiger charge is -2.25. The molecule has 2 aliphatic heterocycles. The molecule has 2 fully saturated rings. The Kier molecular flexibility index (Phi) is 4.76. The second-order valence-electron chi connectivity index (χ2n) is 6.66. The number of nitrogens with zero attached hydrogens (tertiary/aromatic N) is 2. The molecule has 1 amide bonds. The molecule has 2 heterocycles. The number of fused-ring (bicyclic) bond motifs is 1. The predicted molar refractivity (Wildman–Crippen MR) is 100 cm³/mol. The van der Waals surface area contributed by atoms with Crippen molar-refractivity contribution in [1.29, 1.82) is 0 Å². The molecule has 0 radical (unpaired) electrons. The van der Waals surface area contributed by atoms with Crippen LogP contribution in [0.5, 0.6) is 0 Å². The van der Waals surface area contributed by atoms with Gasteiger partial charge in [-0.15, -0.1) is 0 Å². The minimum atomic E-state index is -3.11. The molecule has 1 aromatic carbocycles. The van der Waals surface area contributed by atoms with Gasteiger partial charge in [0.05, 0.1) is 17.5 Å². The van der Waals surface area contributed by atoms with Crippen molar-refractivity contribution in [2.45, 2.75) is 32.1 Å². The standard InChI is InChI=1S/C17H20N2O4S2/c1-10(2)16(21)18-17-19(13-6-4-5-12(7-13)11(3)20)14-8-25(22,23)9-15(14)24-17/h4-7,10,14-15H,8-9H2,1-3H3/t14-,15+/m0/s1. The first-order valence-corrected chi connectivity index (χ1v) is 10.8. The first kappa shape index (κ1) is 18.1. The fourth-order valence-electron chi connectivity index (χ4n) is 2.96. The van der Waals surface area contributed by atoms with Crippen molar-refractivity contribution in [3.8, 4) is 0 Å². The fraction of sp³-hybridized carbons (Fsp3) is 0.471. The zero-order chi connectivity index (χ0) is 18.4. The lowest BCUT2D eigenvalue weighted by molar-refractivity contribution is -0.120. The number of carbonyl (C=O) groups excluding carboxylic acids is 2. The Balaban J connectivity index is 2.05. The molecule has 0 unspecified atom stereocenters. The quantitative estimate of drug-likeness (QED) is 0.747. The highest BCUT2D eigenvalue weighted by atomic mass is 32.2. The molecule has 2 atom stereocenters. The van der Waals surface area contributed by atoms with E-state index in [1.54, 1.807) is 32.0 Å². The molecule has 1 aromatic rings. The average Bonchev–Trinajstić information content (AvgIpc) is 2.98. The van der Waals surface area contributed by atoms with E-state index in [-0.39, 0.29) is 40.4 Å². The van der Waals surface area contributed by atoms with Crippen molar-refractivity contribution >= 4 is 44.1 Å². The van der Waals surface area contributed by atoms with Gasteiger partial charge in [-0.25, -0.2) is 8.42 Å². The van der Waals surface area contributed by atoms with Gasteiger partial charge in [-0.3, -0.25) is 9.59 Å². The van der Waals surface area contributed by atoms with E-state index in [2.05, 4.69) is 4.99 Å². The van der Waals surface area contributed by atoms with Crippen LogP contribution in [0.2, 0.25) is 0 Å². The number of benzene rings is 1. The van der Waals surface area contributed by atoms with Crippen LogP contribution >= 0.6 is 11.8 Å². The van der Waals surface area contributed by atoms with Crippen LogP contribution in [0.3, 0.4) is 0 Å². The zero-order valence-electron chi connectivity index (χ0n) is 14.3. The van der Waals surface area contributed by atoms with Crippen molar-refractivity contribution in [1.82, 2.24) is 0 Å². The summed E-state index contributed by atoms with van der Waals surface area (Å²) in [6.07, 6.45) is 0. The van der Waals surface area contributed by atoms with Crippen molar-refractivity contribution in [2.75, 3.05) is 16.4 Å². The Morgan fingerprint density at radius 3 is 2.64 bits per heavy atom. The van der Waals surface area contributed by atoms with Crippen molar-refractivity contribution in [3.05, 3.63) is 29.8 Å². The maximum Gasteiger partial charge on any atom is 0.250 e. The molecule has 3 rings (SSSR count). The molecule has 0 N–H and O–H groups in total. The number of sulfone groups is 1. The number of hydrogen-bond acceptors (Lipinski definition) is 5. The second-order valence-corrected chi connectivity index (χ2v) is 10.0. The summed E-state index contributed by atoms with van der Waals surface area (Å²) in [5, 5.41) is 0.369. The summed E-state index contributed by atoms with van der Waals surface area (Å²) in [6, 6.07) is 6.75. The fourth-order valence-corrected chi connectivity index (χ4v) is 6.88. The number of carbonyl (C=O) groups is 2. The van der Waals surface area contributed by atoms with Gasteiger partial charge < -0.3 is 4.90 Å². The normalized spacial score (nSPS) is 26.2. The van der Waals surface area contributed by atoms with Gasteiger partial charge in [0, 0.05) is 22.4 Å². The van der Waals surface area contributed by atoms with Crippen LogP contribution in [0.25, 0.3) is 0 Å². The van der Waals surface area contributed by atoms with E-state index in [9.17, 15) is 18.0 Å². The van der Waals surface area contributed by atoms with E-state index in [4.69, 9.17) is 0 Å². The number of thioether (sulfide) groups is 1. The molecule has 8 heteroatoms. The summed E-state index contributed by atoms with van der Waals surface area (Å²) in [4.78, 5) is 29.8. The van der Waals surface area contributed by atoms with Crippen LogP contribution in [0.1, 0.15) is 31.1 Å². The number of anilines is 1. The van der Waals surface area contributed by atoms with Crippen LogP contribution < -0.4 is 4.90 Å². The smallest absolute Gasteiger partial charge is 0.250 e. The Labute approximate surface area is 151 Å². The first-order chi connectivity index (χ1) is 11.7. The van der Waals surface area contributed by atoms with Crippen LogP contribution in [0, 0.1) is 5.92 Å². The molecule has 2 aliphatic rings. The molecule has 6 nitrogen and oxygen atoms in total. The highest BCUT2D eigenvalue weighted by Gasteiger charge is 2.49. The van der Waals surface area contributed by atoms with Gasteiger partial charge in [0.15, 0.2) is 20.8 Å². The summed E-state index contributed by atoms with van der Waals surface area (Å²) in [6.45, 7) is 5.04. The Morgan fingerprint density at radius 2 is 2.00 bits per heavy atom. The summed E-state index contributed by atoms with van der Waals surface area (Å²) >= 11 is 1.34.